The van der Waals surface area contributed by atoms with Gasteiger partial charge in [-0.25, -0.2) is 9.13 Å². The molecule has 0 saturated carbocycles. The number of aliphatic hydroxyl groups excluding tert-OH is 2. The predicted octanol–water partition coefficient (Wildman–Crippen LogP) is 30.8. The van der Waals surface area contributed by atoms with Crippen molar-refractivity contribution in [1.82, 2.24) is 0 Å². The zero-order valence-corrected chi connectivity index (χ0v) is 79.6. The monoisotopic (exact) mass is 1760 g/mol. The van der Waals surface area contributed by atoms with Crippen LogP contribution in [0, 0.1) is 0 Å². The minimum Gasteiger partial charge on any atom is -0.463 e. The molecule has 123 heavy (non-hydrogen) atoms. The summed E-state index contributed by atoms with van der Waals surface area (Å²) in [6.45, 7) is 2.47. The zero-order chi connectivity index (χ0) is 89.3. The van der Waals surface area contributed by atoms with Crippen LogP contribution in [-0.2, 0) is 55.8 Å². The Morgan fingerprint density at radius 2 is 0.431 bits per heavy atom. The molecule has 4 N–H and O–H groups in total. The fourth-order valence-electron chi connectivity index (χ4n) is 13.2. The molecule has 16 nitrogen and oxygen atoms in total. The van der Waals surface area contributed by atoms with Crippen LogP contribution < -0.4 is 0 Å². The van der Waals surface area contributed by atoms with E-state index in [1.54, 1.807) is 0 Å². The van der Waals surface area contributed by atoms with Crippen LogP contribution in [0.1, 0.15) is 406 Å². The Bertz CT molecular complexity index is 2970. The minimum atomic E-state index is -4.95. The summed E-state index contributed by atoms with van der Waals surface area (Å²) >= 11 is 0. The molecule has 0 aromatic rings. The fourth-order valence-corrected chi connectivity index (χ4v) is 14.8. The molecule has 0 aliphatic carbocycles. The van der Waals surface area contributed by atoms with Crippen molar-refractivity contribution in [1.29, 1.82) is 0 Å². The van der Waals surface area contributed by atoms with Gasteiger partial charge in [0, 0.05) is 19.3 Å². The highest BCUT2D eigenvalue weighted by Gasteiger charge is 2.30. The second-order valence-electron chi connectivity index (χ2n) is 32.5. The van der Waals surface area contributed by atoms with Crippen molar-refractivity contribution >= 4 is 33.6 Å². The molecule has 0 aliphatic heterocycles. The number of hydrogen-bond acceptors (Lipinski definition) is 14. The third-order valence-electron chi connectivity index (χ3n) is 20.6. The van der Waals surface area contributed by atoms with E-state index in [1.807, 2.05) is 0 Å². The molecule has 0 saturated heterocycles. The quantitative estimate of drug-likeness (QED) is 0.0146. The average molecular weight is 1760 g/mol. The zero-order valence-electron chi connectivity index (χ0n) is 77.8. The van der Waals surface area contributed by atoms with Crippen LogP contribution in [0.5, 0.6) is 0 Å². The summed E-state index contributed by atoms with van der Waals surface area (Å²) in [7, 11) is -9.82. The van der Waals surface area contributed by atoms with Gasteiger partial charge >= 0.3 is 33.6 Å². The molecule has 0 amide bonds. The summed E-state index contributed by atoms with van der Waals surface area (Å²) in [5, 5.41) is 20.8. The van der Waals surface area contributed by atoms with Gasteiger partial charge in [-0.3, -0.25) is 32.5 Å². The lowest BCUT2D eigenvalue weighted by Crippen LogP contribution is -2.30. The standard InChI is InChI=1S/C105H178O16P2/c1-4-7-10-13-16-19-22-25-28-31-34-37-40-42-44-46-47-48-49-50-51-53-55-56-59-61-64-67-70-73-76-79-82-85-88-91-103(108)115-94-100(106)95-117-122(111,112)118-96-101(107)97-119-123(113,114)120-99-102(121-105(110)93-90-87-84-81-78-75-72-69-66-63-58-39-36-33-30-27-24-21-18-15-12-9-6-3)98-116-104(109)92-89-86-83-80-77-74-71-68-65-62-60-57-54-52-45-43-41-38-35-32-29-26-23-20-17-14-11-8-5-2/h7-8,10-11,16-21,25-30,34-39,42-45,47-48,63,66,100-102,106-107H,4-6,9,12-15,22-24,31-33,40-41,46,49-62,64-65,67-99H2,1-3H3,(H,111,112)(H,113,114)/b10-7-,11-8-,19-16-,20-17-,21-18-,28-25-,29-26-,30-27-,37-34-,38-35-,39-36-,44-42-,45-43-,48-47-,66-63-. The highest BCUT2D eigenvalue weighted by molar-refractivity contribution is 7.47. The Morgan fingerprint density at radius 3 is 0.683 bits per heavy atom. The van der Waals surface area contributed by atoms with Gasteiger partial charge in [0.25, 0.3) is 0 Å². The van der Waals surface area contributed by atoms with E-state index in [1.165, 1.54) is 161 Å². The molecule has 0 spiro atoms. The van der Waals surface area contributed by atoms with Gasteiger partial charge in [0.2, 0.25) is 0 Å². The van der Waals surface area contributed by atoms with Crippen LogP contribution >= 0.6 is 15.6 Å². The molecule has 0 aromatic carbocycles. The number of ether oxygens (including phenoxy) is 3. The number of carbonyl (C=O) groups is 3. The van der Waals surface area contributed by atoms with Crippen molar-refractivity contribution < 1.29 is 75.8 Å². The maximum Gasteiger partial charge on any atom is 0.472 e. The second kappa shape index (κ2) is 95.7. The normalized spacial score (nSPS) is 14.5. The van der Waals surface area contributed by atoms with Gasteiger partial charge < -0.3 is 34.2 Å². The van der Waals surface area contributed by atoms with Crippen molar-refractivity contribution in [2.75, 3.05) is 39.6 Å². The van der Waals surface area contributed by atoms with Crippen LogP contribution in [0.25, 0.3) is 0 Å². The lowest BCUT2D eigenvalue weighted by atomic mass is 10.0. The maximum absolute atomic E-state index is 13.1. The van der Waals surface area contributed by atoms with Crippen molar-refractivity contribution in [2.45, 2.75) is 424 Å². The van der Waals surface area contributed by atoms with Crippen molar-refractivity contribution in [3.05, 3.63) is 182 Å². The number of phosphoric acid groups is 2. The smallest absolute Gasteiger partial charge is 0.463 e. The fraction of sp³-hybridized carbons (Fsp3) is 0.686. The van der Waals surface area contributed by atoms with E-state index < -0.39 is 91.5 Å². The highest BCUT2D eigenvalue weighted by atomic mass is 31.2. The number of allylic oxidation sites excluding steroid dienone is 30. The molecular weight excluding hydrogens is 1580 g/mol. The molecule has 0 aromatic heterocycles. The Hall–Kier alpha value is -5.35. The summed E-state index contributed by atoms with van der Waals surface area (Å²) in [5.41, 5.74) is 0. The molecule has 0 rings (SSSR count). The van der Waals surface area contributed by atoms with E-state index in [0.717, 1.165) is 186 Å². The van der Waals surface area contributed by atoms with Crippen LogP contribution in [0.15, 0.2) is 182 Å². The summed E-state index contributed by atoms with van der Waals surface area (Å²) in [6.07, 6.45) is 127. The lowest BCUT2D eigenvalue weighted by molar-refractivity contribution is -0.161. The Kier molecular flexibility index (Phi) is 91.6. The van der Waals surface area contributed by atoms with E-state index in [2.05, 4.69) is 203 Å². The largest absolute Gasteiger partial charge is 0.472 e. The number of aliphatic hydroxyl groups is 2. The van der Waals surface area contributed by atoms with Crippen LogP contribution in [0.2, 0.25) is 0 Å². The summed E-state index contributed by atoms with van der Waals surface area (Å²) in [5.74, 6) is -1.58. The van der Waals surface area contributed by atoms with Gasteiger partial charge in [-0.2, -0.15) is 0 Å². The Morgan fingerprint density at radius 1 is 0.236 bits per heavy atom. The highest BCUT2D eigenvalue weighted by Crippen LogP contribution is 2.45. The van der Waals surface area contributed by atoms with Gasteiger partial charge in [0.1, 0.15) is 25.4 Å². The van der Waals surface area contributed by atoms with E-state index in [-0.39, 0.29) is 19.3 Å². The number of hydrogen-bond donors (Lipinski definition) is 4. The molecule has 5 atom stereocenters. The van der Waals surface area contributed by atoms with E-state index >= 15 is 0 Å². The van der Waals surface area contributed by atoms with Crippen molar-refractivity contribution in [3.63, 3.8) is 0 Å². The van der Waals surface area contributed by atoms with Gasteiger partial charge in [0.15, 0.2) is 6.10 Å². The molecular formula is C105H178O16P2. The summed E-state index contributed by atoms with van der Waals surface area (Å²) in [4.78, 5) is 59.1. The number of phosphoric ester groups is 2. The SMILES string of the molecule is CC/C=C\C/C=C\C/C=C\C/C=C\C/C=C\C/C=C\CCCCCCCCCCCCCCCCCCC(=O)OCC(O)COP(=O)(O)OCC(O)COP(=O)(O)OCC(COC(=O)CCCCCCCCCCCCCCC/C=C\C/C=C\C/C=C\C/C=C\C/C=C\CC)OC(=O)CCCCCCCCC/C=C\C/C=C\C/C=C\C/C=C\CCCCC. The molecule has 0 aliphatic rings. The molecule has 18 heteroatoms. The van der Waals surface area contributed by atoms with Gasteiger partial charge in [-0.05, 0) is 161 Å². The molecule has 0 heterocycles. The summed E-state index contributed by atoms with van der Waals surface area (Å²) in [6, 6.07) is 0. The molecule has 5 unspecified atom stereocenters. The average Bonchev–Trinajstić information content (AvgIpc) is 0.890. The Labute approximate surface area is 751 Å². The first-order valence-electron chi connectivity index (χ1n) is 49.1. The number of esters is 3. The molecule has 0 fully saturated rings. The Balaban J connectivity index is 4.57. The van der Waals surface area contributed by atoms with E-state index in [4.69, 9.17) is 32.3 Å². The maximum atomic E-state index is 13.1. The first kappa shape index (κ1) is 118. The van der Waals surface area contributed by atoms with Gasteiger partial charge in [-0.1, -0.05) is 409 Å². The third-order valence-corrected chi connectivity index (χ3v) is 22.5. The summed E-state index contributed by atoms with van der Waals surface area (Å²) < 4.78 is 61.6. The van der Waals surface area contributed by atoms with Crippen molar-refractivity contribution in [2.24, 2.45) is 0 Å². The predicted molar refractivity (Wildman–Crippen MR) is 518 cm³/mol. The second-order valence-corrected chi connectivity index (χ2v) is 35.4. The molecule has 704 valence electrons. The first-order valence-corrected chi connectivity index (χ1v) is 52.1. The number of carbonyl (C=O) groups excluding carboxylic acids is 3. The van der Waals surface area contributed by atoms with Crippen molar-refractivity contribution in [3.8, 4) is 0 Å². The lowest BCUT2D eigenvalue weighted by Gasteiger charge is -2.21. The van der Waals surface area contributed by atoms with Crippen LogP contribution in [0.4, 0.5) is 0 Å². The van der Waals surface area contributed by atoms with Gasteiger partial charge in [0.05, 0.1) is 26.4 Å². The minimum absolute atomic E-state index is 0.0885. The van der Waals surface area contributed by atoms with Crippen LogP contribution in [-0.4, -0.2) is 95.9 Å². The van der Waals surface area contributed by atoms with E-state index in [0.29, 0.717) is 19.3 Å². The molecule has 0 radical (unpaired) electrons. The number of rotatable bonds is 92. The van der Waals surface area contributed by atoms with E-state index in [9.17, 15) is 43.5 Å². The molecule has 0 bridgehead atoms. The topological polar surface area (TPSA) is 231 Å². The first-order chi connectivity index (χ1) is 60.2. The van der Waals surface area contributed by atoms with Gasteiger partial charge in [-0.15, -0.1) is 0 Å². The number of unbranched alkanes of at least 4 members (excludes halogenated alkanes) is 39. The van der Waals surface area contributed by atoms with Crippen LogP contribution in [0.3, 0.4) is 0 Å². The third kappa shape index (κ3) is 97.1.